The van der Waals surface area contributed by atoms with E-state index >= 15 is 0 Å². The number of anilines is 3. The lowest BCUT2D eigenvalue weighted by Gasteiger charge is -2.29. The average molecular weight is 873 g/mol. The van der Waals surface area contributed by atoms with Crippen LogP contribution in [0.15, 0.2) is 218 Å². The number of hydrogen-bond donors (Lipinski definition) is 0. The minimum atomic E-state index is 0.160. The van der Waals surface area contributed by atoms with Gasteiger partial charge < -0.3 is 9.47 Å². The number of allylic oxidation sites excluding steroid dienone is 3. The van der Waals surface area contributed by atoms with Crippen molar-refractivity contribution in [2.45, 2.75) is 12.3 Å². The maximum Gasteiger partial charge on any atom is 0.129 e. The van der Waals surface area contributed by atoms with Crippen molar-refractivity contribution in [3.8, 4) is 27.9 Å². The van der Waals surface area contributed by atoms with Gasteiger partial charge in [0.2, 0.25) is 0 Å². The molecule has 14 rings (SSSR count). The molecule has 0 radical (unpaired) electrons. The Morgan fingerprint density at radius 1 is 0.522 bits per heavy atom. The third kappa shape index (κ3) is 5.98. The maximum absolute atomic E-state index is 5.07. The van der Waals surface area contributed by atoms with Gasteiger partial charge in [-0.15, -0.1) is 0 Å². The molecule has 2 aliphatic carbocycles. The predicted octanol–water partition coefficient (Wildman–Crippen LogP) is 16.8. The Kier molecular flexibility index (Phi) is 8.55. The number of fused-ring (bicyclic) bond motifs is 6. The van der Waals surface area contributed by atoms with Gasteiger partial charge in [0.1, 0.15) is 11.0 Å². The highest BCUT2D eigenvalue weighted by Crippen LogP contribution is 2.48. The van der Waals surface area contributed by atoms with Crippen molar-refractivity contribution < 1.29 is 0 Å². The first-order valence-corrected chi connectivity index (χ1v) is 23.7. The van der Waals surface area contributed by atoms with E-state index < -0.39 is 0 Å². The molecule has 0 fully saturated rings. The van der Waals surface area contributed by atoms with Crippen LogP contribution in [-0.2, 0) is 0 Å². The highest BCUT2D eigenvalue weighted by atomic mass is 32.1. The SMILES string of the molecule is C1=Cc2ccc3cccc4c3c2C(=CC4c2ccc(N(c3ccc(-c4ccccc4)cc3)c3ccc(-c4ccc5ccc6c(c5c4)c4ccccc4n6-c4ccccc4)c4nsnc34)cc2)C1. The first-order valence-electron chi connectivity index (χ1n) is 23.0. The second-order valence-electron chi connectivity index (χ2n) is 17.8. The fourth-order valence-electron chi connectivity index (χ4n) is 11.1. The first kappa shape index (κ1) is 37.9. The van der Waals surface area contributed by atoms with Gasteiger partial charge in [-0.05, 0) is 139 Å². The third-order valence-electron chi connectivity index (χ3n) is 14.1. The summed E-state index contributed by atoms with van der Waals surface area (Å²) in [6.45, 7) is 0. The number of nitrogens with zero attached hydrogens (tertiary/aromatic N) is 4. The topological polar surface area (TPSA) is 34.0 Å². The molecule has 0 bridgehead atoms. The second-order valence-corrected chi connectivity index (χ2v) is 18.3. The fourth-order valence-corrected chi connectivity index (χ4v) is 11.6. The Morgan fingerprint density at radius 3 is 2.09 bits per heavy atom. The highest BCUT2D eigenvalue weighted by Gasteiger charge is 2.27. The minimum absolute atomic E-state index is 0.160. The van der Waals surface area contributed by atoms with Crippen LogP contribution in [0.5, 0.6) is 0 Å². The van der Waals surface area contributed by atoms with E-state index in [9.17, 15) is 0 Å². The van der Waals surface area contributed by atoms with Gasteiger partial charge in [0.05, 0.1) is 28.4 Å². The van der Waals surface area contributed by atoms with Gasteiger partial charge in [0.15, 0.2) is 0 Å². The zero-order valence-electron chi connectivity index (χ0n) is 36.3. The largest absolute Gasteiger partial charge is 0.309 e. The van der Waals surface area contributed by atoms with Crippen LogP contribution in [0.25, 0.3) is 94.0 Å². The number of para-hydroxylation sites is 2. The second kappa shape index (κ2) is 15.1. The van der Waals surface area contributed by atoms with Gasteiger partial charge in [-0.25, -0.2) is 0 Å². The molecular weight excluding hydrogens is 833 g/mol. The Morgan fingerprint density at radius 2 is 1.24 bits per heavy atom. The molecular formula is C62H40N4S. The molecule has 2 aromatic heterocycles. The summed E-state index contributed by atoms with van der Waals surface area (Å²) in [5.41, 5.74) is 19.7. The molecule has 0 N–H and O–H groups in total. The maximum atomic E-state index is 5.07. The molecule has 67 heavy (non-hydrogen) atoms. The van der Waals surface area contributed by atoms with Crippen LogP contribution in [0.3, 0.4) is 0 Å². The van der Waals surface area contributed by atoms with E-state index in [4.69, 9.17) is 8.75 Å². The lowest BCUT2D eigenvalue weighted by atomic mass is 9.75. The van der Waals surface area contributed by atoms with E-state index in [-0.39, 0.29) is 5.92 Å². The van der Waals surface area contributed by atoms with E-state index in [2.05, 4.69) is 234 Å². The van der Waals surface area contributed by atoms with Crippen LogP contribution in [-0.4, -0.2) is 13.3 Å². The van der Waals surface area contributed by atoms with E-state index in [0.717, 1.165) is 51.3 Å². The molecule has 4 nitrogen and oxygen atoms in total. The van der Waals surface area contributed by atoms with Gasteiger partial charge in [-0.2, -0.15) is 8.75 Å². The Balaban J connectivity index is 0.903. The summed E-state index contributed by atoms with van der Waals surface area (Å²) in [4.78, 5) is 2.35. The molecule has 0 amide bonds. The summed E-state index contributed by atoms with van der Waals surface area (Å²) in [5, 5.41) is 7.61. The van der Waals surface area contributed by atoms with E-state index in [1.807, 2.05) is 0 Å². The van der Waals surface area contributed by atoms with Gasteiger partial charge in [0, 0.05) is 39.3 Å². The summed E-state index contributed by atoms with van der Waals surface area (Å²) in [6.07, 6.45) is 8.05. The summed E-state index contributed by atoms with van der Waals surface area (Å²) in [6, 6.07) is 75.3. The van der Waals surface area contributed by atoms with Crippen LogP contribution in [0.1, 0.15) is 34.6 Å². The molecule has 1 atom stereocenters. The lowest BCUT2D eigenvalue weighted by Crippen LogP contribution is -2.12. The van der Waals surface area contributed by atoms with Crippen molar-refractivity contribution in [2.24, 2.45) is 0 Å². The standard InChI is InChI=1S/C62H40N4S/c1-3-11-39(12-4-1)40-25-30-48(31-26-40)65(49-32-27-41(28-33-49)53-38-46-15-9-13-43-22-23-44-14-10-19-51(53)59(44)58(43)46)57-36-34-50(61-62(57)64-67-63-61)45-24-21-42-29-35-56-60(54(42)37-45)52-18-7-8-20-55(52)66(56)47-16-5-2-6-17-47/h1-14,16-38,53H,15H2. The van der Waals surface area contributed by atoms with E-state index in [0.29, 0.717) is 0 Å². The smallest absolute Gasteiger partial charge is 0.129 e. The Bertz CT molecular complexity index is 3990. The van der Waals surface area contributed by atoms with E-state index in [1.165, 1.54) is 94.0 Å². The molecule has 0 aliphatic heterocycles. The zero-order valence-corrected chi connectivity index (χ0v) is 37.2. The number of aromatic nitrogens is 3. The van der Waals surface area contributed by atoms with Crippen molar-refractivity contribution in [3.63, 3.8) is 0 Å². The summed E-state index contributed by atoms with van der Waals surface area (Å²) in [7, 11) is 0. The summed E-state index contributed by atoms with van der Waals surface area (Å²) < 4.78 is 12.5. The molecule has 1 unspecified atom stereocenters. The van der Waals surface area contributed by atoms with Crippen molar-refractivity contribution in [1.82, 2.24) is 13.3 Å². The van der Waals surface area contributed by atoms with E-state index in [1.54, 1.807) is 0 Å². The number of rotatable bonds is 7. The van der Waals surface area contributed by atoms with Crippen LogP contribution in [0, 0.1) is 0 Å². The lowest BCUT2D eigenvalue weighted by molar-refractivity contribution is 1.02. The molecule has 0 spiro atoms. The van der Waals surface area contributed by atoms with Crippen molar-refractivity contribution in [1.29, 1.82) is 0 Å². The fraction of sp³-hybridized carbons (Fsp3) is 0.0323. The predicted molar refractivity (Wildman–Crippen MR) is 282 cm³/mol. The third-order valence-corrected chi connectivity index (χ3v) is 14.7. The minimum Gasteiger partial charge on any atom is -0.309 e. The normalized spacial score (nSPS) is 14.1. The molecule has 314 valence electrons. The Hall–Kier alpha value is -8.38. The van der Waals surface area contributed by atoms with Gasteiger partial charge >= 0.3 is 0 Å². The van der Waals surface area contributed by atoms with Crippen LogP contribution < -0.4 is 4.90 Å². The Labute approximate surface area is 392 Å². The molecule has 10 aromatic carbocycles. The van der Waals surface area contributed by atoms with Crippen molar-refractivity contribution in [3.05, 3.63) is 241 Å². The quantitative estimate of drug-likeness (QED) is 0.160. The van der Waals surface area contributed by atoms with Crippen molar-refractivity contribution >= 4 is 94.8 Å². The molecule has 0 saturated carbocycles. The zero-order chi connectivity index (χ0) is 44.0. The van der Waals surface area contributed by atoms with Crippen LogP contribution in [0.4, 0.5) is 17.1 Å². The molecule has 2 heterocycles. The summed E-state index contributed by atoms with van der Waals surface area (Å²) in [5.74, 6) is 0.160. The monoisotopic (exact) mass is 872 g/mol. The first-order chi connectivity index (χ1) is 33.2. The average Bonchev–Trinajstić information content (AvgIpc) is 4.03. The van der Waals surface area contributed by atoms with Gasteiger partial charge in [0.25, 0.3) is 0 Å². The van der Waals surface area contributed by atoms with Gasteiger partial charge in [-0.3, -0.25) is 0 Å². The summed E-state index contributed by atoms with van der Waals surface area (Å²) >= 11 is 1.27. The highest BCUT2D eigenvalue weighted by molar-refractivity contribution is 7.00. The molecule has 12 aromatic rings. The van der Waals surface area contributed by atoms with Crippen LogP contribution in [0.2, 0.25) is 0 Å². The van der Waals surface area contributed by atoms with Crippen molar-refractivity contribution in [2.75, 3.05) is 4.90 Å². The van der Waals surface area contributed by atoms with Crippen LogP contribution >= 0.6 is 11.7 Å². The number of hydrogen-bond acceptors (Lipinski definition) is 4. The number of benzene rings is 10. The molecule has 0 saturated heterocycles. The van der Waals surface area contributed by atoms with Gasteiger partial charge in [-0.1, -0.05) is 158 Å². The molecule has 5 heteroatoms. The molecule has 2 aliphatic rings.